The molecule has 3 nitrogen and oxygen atoms in total. The molecule has 0 radical (unpaired) electrons. The zero-order valence-electron chi connectivity index (χ0n) is 9.23. The van der Waals surface area contributed by atoms with Gasteiger partial charge in [-0.2, -0.15) is 0 Å². The third-order valence-electron chi connectivity index (χ3n) is 2.32. The number of benzene rings is 1. The minimum absolute atomic E-state index is 0.103. The lowest BCUT2D eigenvalue weighted by Gasteiger charge is -2.00. The van der Waals surface area contributed by atoms with Crippen molar-refractivity contribution in [2.75, 3.05) is 7.11 Å². The van der Waals surface area contributed by atoms with Crippen molar-refractivity contribution in [3.05, 3.63) is 40.8 Å². The highest BCUT2D eigenvalue weighted by atomic mass is 32.2. The molecule has 1 aliphatic rings. The summed E-state index contributed by atoms with van der Waals surface area (Å²) in [5.74, 6) is 0.726. The summed E-state index contributed by atoms with van der Waals surface area (Å²) in [6.07, 6.45) is 2.60. The van der Waals surface area contributed by atoms with Gasteiger partial charge in [0.25, 0.3) is 5.91 Å². The highest BCUT2D eigenvalue weighted by Gasteiger charge is 2.21. The quantitative estimate of drug-likeness (QED) is 0.672. The third kappa shape index (κ3) is 3.08. The molecule has 1 N–H and O–H groups in total. The number of hydrogen-bond donors (Lipinski definition) is 1. The van der Waals surface area contributed by atoms with Crippen LogP contribution in [0, 0.1) is 0 Å². The van der Waals surface area contributed by atoms with Crippen molar-refractivity contribution in [2.45, 2.75) is 6.42 Å². The van der Waals surface area contributed by atoms with Gasteiger partial charge in [0, 0.05) is 0 Å². The van der Waals surface area contributed by atoms with Gasteiger partial charge in [0.15, 0.2) is 0 Å². The number of rotatable bonds is 3. The fraction of sp³-hybridized carbons (Fsp3) is 0.167. The number of thiocarbonyl (C=S) groups is 1. The molecule has 1 aromatic rings. The number of ether oxygens (including phenoxy) is 1. The number of allylic oxidation sites excluding steroid dienone is 1. The van der Waals surface area contributed by atoms with Gasteiger partial charge in [-0.25, -0.2) is 0 Å². The molecule has 1 fully saturated rings. The van der Waals surface area contributed by atoms with Crippen molar-refractivity contribution in [1.82, 2.24) is 5.32 Å². The summed E-state index contributed by atoms with van der Waals surface area (Å²) in [5.41, 5.74) is 1.13. The standard InChI is InChI=1S/C12H11NO2S2/c1-15-9-5-2-8(3-6-9)4-7-10-11(14)13-12(16)17-10/h2-3,5-7H,4H2,1H3,(H,13,14,16). The van der Waals surface area contributed by atoms with Crippen molar-refractivity contribution >= 4 is 34.2 Å². The Morgan fingerprint density at radius 2 is 2.12 bits per heavy atom. The average Bonchev–Trinajstić information content (AvgIpc) is 2.66. The van der Waals surface area contributed by atoms with Crippen molar-refractivity contribution < 1.29 is 9.53 Å². The Kier molecular flexibility index (Phi) is 3.81. The molecule has 1 saturated heterocycles. The van der Waals surface area contributed by atoms with Gasteiger partial charge in [-0.1, -0.05) is 42.2 Å². The molecule has 0 saturated carbocycles. The zero-order valence-corrected chi connectivity index (χ0v) is 10.9. The topological polar surface area (TPSA) is 38.3 Å². The van der Waals surface area contributed by atoms with Crippen LogP contribution in [0.5, 0.6) is 5.75 Å². The van der Waals surface area contributed by atoms with Gasteiger partial charge in [-0.15, -0.1) is 0 Å². The van der Waals surface area contributed by atoms with E-state index in [-0.39, 0.29) is 5.91 Å². The molecule has 88 valence electrons. The first-order chi connectivity index (χ1) is 8.19. The van der Waals surface area contributed by atoms with Gasteiger partial charge in [-0.05, 0) is 24.1 Å². The highest BCUT2D eigenvalue weighted by Crippen LogP contribution is 2.24. The summed E-state index contributed by atoms with van der Waals surface area (Å²) in [7, 11) is 1.64. The van der Waals surface area contributed by atoms with Gasteiger partial charge in [0.05, 0.1) is 12.0 Å². The summed E-state index contributed by atoms with van der Waals surface area (Å²) in [6, 6.07) is 7.76. The molecule has 0 bridgehead atoms. The van der Waals surface area contributed by atoms with E-state index in [2.05, 4.69) is 5.32 Å². The van der Waals surface area contributed by atoms with Gasteiger partial charge in [-0.3, -0.25) is 4.79 Å². The van der Waals surface area contributed by atoms with Crippen LogP contribution in [0.2, 0.25) is 0 Å². The number of carbonyl (C=O) groups excluding carboxylic acids is 1. The Hall–Kier alpha value is -1.33. The zero-order chi connectivity index (χ0) is 12.3. The van der Waals surface area contributed by atoms with Crippen LogP contribution in [0.25, 0.3) is 0 Å². The minimum Gasteiger partial charge on any atom is -0.497 e. The van der Waals surface area contributed by atoms with Crippen LogP contribution in [-0.2, 0) is 11.2 Å². The monoisotopic (exact) mass is 265 g/mol. The van der Waals surface area contributed by atoms with E-state index >= 15 is 0 Å². The predicted molar refractivity (Wildman–Crippen MR) is 73.1 cm³/mol. The van der Waals surface area contributed by atoms with Crippen LogP contribution in [0.15, 0.2) is 35.2 Å². The number of methoxy groups -OCH3 is 1. The molecular formula is C12H11NO2S2. The smallest absolute Gasteiger partial charge is 0.263 e. The Morgan fingerprint density at radius 3 is 2.65 bits per heavy atom. The van der Waals surface area contributed by atoms with E-state index in [1.807, 2.05) is 30.3 Å². The summed E-state index contributed by atoms with van der Waals surface area (Å²) in [4.78, 5) is 12.1. The molecule has 1 heterocycles. The molecule has 0 unspecified atom stereocenters. The number of nitrogens with one attached hydrogen (secondary N) is 1. The lowest BCUT2D eigenvalue weighted by Crippen LogP contribution is -2.17. The maximum atomic E-state index is 11.4. The lowest BCUT2D eigenvalue weighted by molar-refractivity contribution is -0.115. The molecule has 5 heteroatoms. The number of hydrogen-bond acceptors (Lipinski definition) is 4. The first-order valence-electron chi connectivity index (χ1n) is 5.05. The normalized spacial score (nSPS) is 17.4. The molecule has 0 atom stereocenters. The second kappa shape index (κ2) is 5.33. The summed E-state index contributed by atoms with van der Waals surface area (Å²) >= 11 is 6.22. The highest BCUT2D eigenvalue weighted by molar-refractivity contribution is 8.26. The molecule has 17 heavy (non-hydrogen) atoms. The molecule has 1 aliphatic heterocycles. The Labute approximate surface area is 109 Å². The Morgan fingerprint density at radius 1 is 1.41 bits per heavy atom. The molecule has 2 rings (SSSR count). The van der Waals surface area contributed by atoms with E-state index in [9.17, 15) is 4.79 Å². The van der Waals surface area contributed by atoms with Crippen molar-refractivity contribution in [1.29, 1.82) is 0 Å². The molecule has 0 aliphatic carbocycles. The first kappa shape index (κ1) is 12.1. The van der Waals surface area contributed by atoms with Crippen molar-refractivity contribution in [3.63, 3.8) is 0 Å². The Bertz CT molecular complexity index is 480. The van der Waals surface area contributed by atoms with Crippen LogP contribution < -0.4 is 10.1 Å². The van der Waals surface area contributed by atoms with Gasteiger partial charge >= 0.3 is 0 Å². The molecule has 0 aromatic heterocycles. The maximum Gasteiger partial charge on any atom is 0.263 e. The van der Waals surface area contributed by atoms with Gasteiger partial charge in [0.2, 0.25) is 0 Å². The largest absolute Gasteiger partial charge is 0.497 e. The van der Waals surface area contributed by atoms with Crippen LogP contribution in [-0.4, -0.2) is 17.3 Å². The molecule has 1 aromatic carbocycles. The predicted octanol–water partition coefficient (Wildman–Crippen LogP) is 2.27. The van der Waals surface area contributed by atoms with E-state index in [1.165, 1.54) is 11.8 Å². The van der Waals surface area contributed by atoms with Crippen LogP contribution in [0.1, 0.15) is 5.56 Å². The summed E-state index contributed by atoms with van der Waals surface area (Å²) < 4.78 is 5.60. The fourth-order valence-electron chi connectivity index (χ4n) is 1.43. The van der Waals surface area contributed by atoms with E-state index in [0.29, 0.717) is 15.6 Å². The third-order valence-corrected chi connectivity index (χ3v) is 3.54. The van der Waals surface area contributed by atoms with Gasteiger partial charge in [0.1, 0.15) is 10.1 Å². The van der Waals surface area contributed by atoms with E-state index < -0.39 is 0 Å². The lowest BCUT2D eigenvalue weighted by atomic mass is 10.1. The summed E-state index contributed by atoms with van der Waals surface area (Å²) in [6.45, 7) is 0. The van der Waals surface area contributed by atoms with Crippen LogP contribution in [0.3, 0.4) is 0 Å². The van der Waals surface area contributed by atoms with Crippen LogP contribution in [0.4, 0.5) is 0 Å². The number of carbonyl (C=O) groups is 1. The van der Waals surface area contributed by atoms with E-state index in [0.717, 1.165) is 11.3 Å². The van der Waals surface area contributed by atoms with E-state index in [4.69, 9.17) is 17.0 Å². The van der Waals surface area contributed by atoms with Crippen molar-refractivity contribution in [2.24, 2.45) is 0 Å². The second-order valence-corrected chi connectivity index (χ2v) is 5.18. The molecule has 1 amide bonds. The second-order valence-electron chi connectivity index (χ2n) is 3.46. The fourth-order valence-corrected chi connectivity index (χ4v) is 2.45. The molecular weight excluding hydrogens is 254 g/mol. The molecule has 0 spiro atoms. The van der Waals surface area contributed by atoms with E-state index in [1.54, 1.807) is 7.11 Å². The van der Waals surface area contributed by atoms with Crippen LogP contribution >= 0.6 is 24.0 Å². The SMILES string of the molecule is COc1ccc(CC=C2SC(=S)NC2=O)cc1. The number of amides is 1. The maximum absolute atomic E-state index is 11.4. The average molecular weight is 265 g/mol. The first-order valence-corrected chi connectivity index (χ1v) is 6.28. The van der Waals surface area contributed by atoms with Crippen molar-refractivity contribution in [3.8, 4) is 5.75 Å². The van der Waals surface area contributed by atoms with Gasteiger partial charge < -0.3 is 10.1 Å². The number of thioether (sulfide) groups is 1. The Balaban J connectivity index is 2.04. The minimum atomic E-state index is -0.103. The summed E-state index contributed by atoms with van der Waals surface area (Å²) in [5, 5.41) is 2.59.